The van der Waals surface area contributed by atoms with E-state index in [2.05, 4.69) is 80.9 Å². The molecule has 0 fully saturated rings. The highest BCUT2D eigenvalue weighted by atomic mass is 16.1. The van der Waals surface area contributed by atoms with Crippen LogP contribution < -0.4 is 5.32 Å². The minimum Gasteiger partial charge on any atom is -0.356 e. The normalized spacial score (nSPS) is 11.0. The zero-order valence-corrected chi connectivity index (χ0v) is 19.5. The van der Waals surface area contributed by atoms with E-state index in [1.807, 2.05) is 24.5 Å². The maximum atomic E-state index is 12.1. The largest absolute Gasteiger partial charge is 0.356 e. The lowest BCUT2D eigenvalue weighted by atomic mass is 9.87. The van der Waals surface area contributed by atoms with Gasteiger partial charge in [0, 0.05) is 56.0 Å². The number of carbonyl (C=O) groups excluding carboxylic acids is 1. The average molecular weight is 453 g/mol. The smallest absolute Gasteiger partial charge is 0.220 e. The maximum Gasteiger partial charge on any atom is 0.220 e. The third kappa shape index (κ3) is 7.14. The van der Waals surface area contributed by atoms with E-state index in [1.165, 1.54) is 16.7 Å². The average Bonchev–Trinajstić information content (AvgIpc) is 3.34. The molecule has 0 spiro atoms. The predicted octanol–water partition coefficient (Wildman–Crippen LogP) is 5.25. The highest BCUT2D eigenvalue weighted by Crippen LogP contribution is 2.28. The van der Waals surface area contributed by atoms with Gasteiger partial charge in [0.25, 0.3) is 0 Å². The van der Waals surface area contributed by atoms with Gasteiger partial charge >= 0.3 is 0 Å². The number of pyridine rings is 1. The number of aromatic nitrogens is 3. The highest BCUT2D eigenvalue weighted by Gasteiger charge is 2.15. The summed E-state index contributed by atoms with van der Waals surface area (Å²) in [5.74, 6) is 1.42. The first-order valence-electron chi connectivity index (χ1n) is 12.1. The van der Waals surface area contributed by atoms with E-state index in [9.17, 15) is 4.79 Å². The number of hydrogen-bond donors (Lipinski definition) is 2. The molecule has 0 unspecified atom stereocenters. The highest BCUT2D eigenvalue weighted by molar-refractivity contribution is 5.75. The summed E-state index contributed by atoms with van der Waals surface area (Å²) in [5.41, 5.74) is 4.88. The molecule has 0 aliphatic carbocycles. The number of H-pyrrole nitrogens is 1. The Balaban J connectivity index is 1.22. The van der Waals surface area contributed by atoms with Crippen molar-refractivity contribution in [3.05, 3.63) is 120 Å². The second kappa shape index (κ2) is 12.5. The molecule has 2 N–H and O–H groups in total. The van der Waals surface area contributed by atoms with Crippen LogP contribution in [0.5, 0.6) is 0 Å². The third-order valence-electron chi connectivity index (χ3n) is 6.06. The Morgan fingerprint density at radius 1 is 0.853 bits per heavy atom. The summed E-state index contributed by atoms with van der Waals surface area (Å²) in [5, 5.41) is 3.02. The summed E-state index contributed by atoms with van der Waals surface area (Å²) in [6, 6.07) is 25.3. The molecule has 0 atom stereocenters. The first kappa shape index (κ1) is 23.4. The summed E-state index contributed by atoms with van der Waals surface area (Å²) in [4.78, 5) is 24.3. The predicted molar refractivity (Wildman–Crippen MR) is 136 cm³/mol. The molecule has 0 saturated heterocycles. The number of rotatable bonds is 12. The van der Waals surface area contributed by atoms with Gasteiger partial charge in [0.1, 0.15) is 5.82 Å². The second-order valence-corrected chi connectivity index (χ2v) is 8.58. The molecule has 5 heteroatoms. The first-order chi connectivity index (χ1) is 16.8. The Hall–Kier alpha value is -3.73. The molecule has 4 aromatic rings. The Morgan fingerprint density at radius 2 is 1.59 bits per heavy atom. The first-order valence-corrected chi connectivity index (χ1v) is 12.1. The van der Waals surface area contributed by atoms with Gasteiger partial charge in [-0.15, -0.1) is 0 Å². The van der Waals surface area contributed by atoms with Gasteiger partial charge in [-0.05, 0) is 42.0 Å². The lowest BCUT2D eigenvalue weighted by Crippen LogP contribution is -2.25. The molecular weight excluding hydrogens is 420 g/mol. The monoisotopic (exact) mass is 452 g/mol. The summed E-state index contributed by atoms with van der Waals surface area (Å²) >= 11 is 0. The van der Waals surface area contributed by atoms with Gasteiger partial charge in [-0.1, -0.05) is 66.7 Å². The van der Waals surface area contributed by atoms with Gasteiger partial charge in [-0.2, -0.15) is 0 Å². The van der Waals surface area contributed by atoms with Gasteiger partial charge < -0.3 is 10.3 Å². The minimum atomic E-state index is 0.0946. The molecule has 0 radical (unpaired) electrons. The molecule has 2 aromatic carbocycles. The number of nitrogens with one attached hydrogen (secondary N) is 2. The van der Waals surface area contributed by atoms with E-state index in [4.69, 9.17) is 0 Å². The van der Waals surface area contributed by atoms with Crippen LogP contribution in [-0.4, -0.2) is 27.4 Å². The van der Waals surface area contributed by atoms with Crippen molar-refractivity contribution in [1.82, 2.24) is 20.3 Å². The zero-order chi connectivity index (χ0) is 23.4. The molecule has 2 aromatic heterocycles. The van der Waals surface area contributed by atoms with E-state index in [1.54, 1.807) is 6.20 Å². The van der Waals surface area contributed by atoms with Crippen LogP contribution in [0.3, 0.4) is 0 Å². The number of aryl methyl sites for hydroxylation is 2. The van der Waals surface area contributed by atoms with E-state index in [-0.39, 0.29) is 5.91 Å². The van der Waals surface area contributed by atoms with Crippen molar-refractivity contribution in [3.8, 4) is 0 Å². The van der Waals surface area contributed by atoms with Crippen LogP contribution in [0.25, 0.3) is 0 Å². The maximum absolute atomic E-state index is 12.1. The van der Waals surface area contributed by atoms with E-state index in [0.717, 1.165) is 43.6 Å². The number of hydrogen-bond acceptors (Lipinski definition) is 3. The molecule has 174 valence electrons. The van der Waals surface area contributed by atoms with Crippen molar-refractivity contribution in [2.45, 2.75) is 44.4 Å². The molecule has 0 saturated carbocycles. The van der Waals surface area contributed by atoms with Gasteiger partial charge in [0.05, 0.1) is 0 Å². The van der Waals surface area contributed by atoms with Crippen LogP contribution in [0.15, 0.2) is 91.4 Å². The number of aromatic amines is 1. The number of amides is 1. The Morgan fingerprint density at radius 3 is 2.26 bits per heavy atom. The number of carbonyl (C=O) groups is 1. The van der Waals surface area contributed by atoms with Crippen molar-refractivity contribution >= 4 is 5.91 Å². The van der Waals surface area contributed by atoms with Crippen LogP contribution in [0.4, 0.5) is 0 Å². The molecule has 34 heavy (non-hydrogen) atoms. The molecule has 4 rings (SSSR count). The summed E-state index contributed by atoms with van der Waals surface area (Å²) in [6.45, 7) is 0.615. The molecule has 0 aliphatic heterocycles. The molecule has 5 nitrogen and oxygen atoms in total. The number of nitrogens with zero attached hydrogens (tertiary/aromatic N) is 2. The fraction of sp³-hybridized carbons (Fsp3) is 0.276. The van der Waals surface area contributed by atoms with E-state index < -0.39 is 0 Å². The van der Waals surface area contributed by atoms with Crippen LogP contribution in [0.2, 0.25) is 0 Å². The number of benzene rings is 2. The fourth-order valence-electron chi connectivity index (χ4n) is 4.26. The lowest BCUT2D eigenvalue weighted by molar-refractivity contribution is -0.121. The summed E-state index contributed by atoms with van der Waals surface area (Å²) in [7, 11) is 0. The van der Waals surface area contributed by atoms with Crippen LogP contribution in [0.1, 0.15) is 53.4 Å². The van der Waals surface area contributed by atoms with Gasteiger partial charge in [0.15, 0.2) is 0 Å². The molecule has 2 heterocycles. The van der Waals surface area contributed by atoms with Gasteiger partial charge in [-0.25, -0.2) is 4.98 Å². The van der Waals surface area contributed by atoms with E-state index in [0.29, 0.717) is 18.9 Å². The summed E-state index contributed by atoms with van der Waals surface area (Å²) in [6.07, 6.45) is 10.4. The Kier molecular flexibility index (Phi) is 8.61. The summed E-state index contributed by atoms with van der Waals surface area (Å²) < 4.78 is 0. The van der Waals surface area contributed by atoms with Crippen molar-refractivity contribution in [2.24, 2.45) is 0 Å². The fourth-order valence-corrected chi connectivity index (χ4v) is 4.26. The molecular formula is C29H32N4O. The van der Waals surface area contributed by atoms with Gasteiger partial charge in [-0.3, -0.25) is 9.78 Å². The topological polar surface area (TPSA) is 70.7 Å². The lowest BCUT2D eigenvalue weighted by Gasteiger charge is -2.17. The van der Waals surface area contributed by atoms with Crippen LogP contribution >= 0.6 is 0 Å². The standard InChI is InChI=1S/C29H32N4O/c34-29(15-7-9-23-10-8-19-30-21-23)31-20-18-26-22-32-28(33-26)17-16-27(24-11-3-1-4-12-24)25-13-5-2-6-14-25/h1-6,8,10-14,19,21-22,27H,7,9,15-18,20H2,(H,31,34)(H,32,33). The quantitative estimate of drug-likeness (QED) is 0.308. The van der Waals surface area contributed by atoms with Gasteiger partial charge in [0.2, 0.25) is 5.91 Å². The molecule has 0 bridgehead atoms. The minimum absolute atomic E-state index is 0.0946. The zero-order valence-electron chi connectivity index (χ0n) is 19.5. The van der Waals surface area contributed by atoms with Crippen LogP contribution in [0, 0.1) is 0 Å². The Bertz CT molecular complexity index is 1090. The second-order valence-electron chi connectivity index (χ2n) is 8.58. The SMILES string of the molecule is O=C(CCCc1cccnc1)NCCc1cnc(CCC(c2ccccc2)c2ccccc2)[nH]1. The third-order valence-corrected chi connectivity index (χ3v) is 6.06. The van der Waals surface area contributed by atoms with Crippen molar-refractivity contribution in [1.29, 1.82) is 0 Å². The van der Waals surface area contributed by atoms with E-state index >= 15 is 0 Å². The van der Waals surface area contributed by atoms with Crippen molar-refractivity contribution in [2.75, 3.05) is 6.54 Å². The van der Waals surface area contributed by atoms with Crippen molar-refractivity contribution in [3.63, 3.8) is 0 Å². The molecule has 0 aliphatic rings. The van der Waals surface area contributed by atoms with Crippen molar-refractivity contribution < 1.29 is 4.79 Å². The Labute approximate surface area is 201 Å². The number of imidazole rings is 1. The molecule has 1 amide bonds. The van der Waals surface area contributed by atoms with Crippen LogP contribution in [-0.2, 0) is 24.1 Å².